The number of carbonyl (C=O) groups is 2. The maximum atomic E-state index is 13.1. The zero-order chi connectivity index (χ0) is 42.4. The Hall–Kier alpha value is -1.92. The normalized spacial score (nSPS) is 13.5. The van der Waals surface area contributed by atoms with Crippen molar-refractivity contribution in [1.29, 1.82) is 0 Å². The van der Waals surface area contributed by atoms with Gasteiger partial charge in [0.15, 0.2) is 0 Å². The average molecular weight is 816 g/mol. The standard InChI is InChI=1S/C52H97NO5/c1-4-7-10-13-16-19-21-22-23-24-25-26-27-28-30-33-36-39-42-45-52(57)58-48(43-40-37-34-32-29-20-17-14-11-8-5-2)46-51(56)53-49(47-54)50(55)44-41-38-35-31-18-15-12-9-6-3/h22-23,32,34,40,43,48-50,54-55H,4-21,24-31,33,35-39,41-42,44-47H2,1-3H3,(H,53,56)/b23-22+,34-32-,43-40+. The monoisotopic (exact) mass is 816 g/mol. The highest BCUT2D eigenvalue weighted by Gasteiger charge is 2.23. The van der Waals surface area contributed by atoms with Crippen molar-refractivity contribution >= 4 is 11.9 Å². The van der Waals surface area contributed by atoms with Crippen molar-refractivity contribution in [1.82, 2.24) is 5.32 Å². The molecule has 0 aromatic carbocycles. The molecule has 0 heterocycles. The first-order chi connectivity index (χ1) is 28.5. The fourth-order valence-electron chi connectivity index (χ4n) is 7.57. The molecule has 1 amide bonds. The Balaban J connectivity index is 4.53. The number of aliphatic hydroxyl groups excluding tert-OH is 2. The van der Waals surface area contributed by atoms with Gasteiger partial charge in [0.2, 0.25) is 5.91 Å². The van der Waals surface area contributed by atoms with E-state index in [0.717, 1.165) is 51.4 Å². The first-order valence-electron chi connectivity index (χ1n) is 25.2. The van der Waals surface area contributed by atoms with Gasteiger partial charge in [-0.1, -0.05) is 218 Å². The van der Waals surface area contributed by atoms with Crippen LogP contribution in [0.1, 0.15) is 258 Å². The molecular weight excluding hydrogens is 719 g/mol. The second kappa shape index (κ2) is 46.2. The second-order valence-corrected chi connectivity index (χ2v) is 17.2. The summed E-state index contributed by atoms with van der Waals surface area (Å²) in [5, 5.41) is 23.6. The molecule has 0 aliphatic rings. The summed E-state index contributed by atoms with van der Waals surface area (Å²) in [5.41, 5.74) is 0. The van der Waals surface area contributed by atoms with Gasteiger partial charge in [0, 0.05) is 6.42 Å². The van der Waals surface area contributed by atoms with Crippen LogP contribution in [0.5, 0.6) is 0 Å². The highest BCUT2D eigenvalue weighted by molar-refractivity contribution is 5.78. The Kier molecular flexibility index (Phi) is 44.6. The highest BCUT2D eigenvalue weighted by atomic mass is 16.5. The van der Waals surface area contributed by atoms with Gasteiger partial charge in [-0.05, 0) is 63.9 Å². The van der Waals surface area contributed by atoms with Gasteiger partial charge >= 0.3 is 5.97 Å². The summed E-state index contributed by atoms with van der Waals surface area (Å²) in [4.78, 5) is 26.0. The first kappa shape index (κ1) is 56.1. The minimum atomic E-state index is -0.807. The van der Waals surface area contributed by atoms with Gasteiger partial charge in [-0.2, -0.15) is 0 Å². The molecule has 340 valence electrons. The number of carbonyl (C=O) groups excluding carboxylic acids is 2. The molecule has 0 saturated carbocycles. The Morgan fingerprint density at radius 1 is 0.517 bits per heavy atom. The molecular formula is C52H97NO5. The smallest absolute Gasteiger partial charge is 0.306 e. The number of unbranched alkanes of at least 4 members (excludes halogenated alkanes) is 29. The van der Waals surface area contributed by atoms with E-state index in [1.165, 1.54) is 167 Å². The second-order valence-electron chi connectivity index (χ2n) is 17.2. The van der Waals surface area contributed by atoms with Crippen LogP contribution in [0.3, 0.4) is 0 Å². The minimum absolute atomic E-state index is 0.0273. The largest absolute Gasteiger partial charge is 0.458 e. The molecule has 0 aromatic heterocycles. The van der Waals surface area contributed by atoms with Crippen molar-refractivity contribution in [3.8, 4) is 0 Å². The van der Waals surface area contributed by atoms with E-state index >= 15 is 0 Å². The highest BCUT2D eigenvalue weighted by Crippen LogP contribution is 2.16. The number of hydrogen-bond acceptors (Lipinski definition) is 5. The van der Waals surface area contributed by atoms with E-state index in [1.807, 2.05) is 12.2 Å². The van der Waals surface area contributed by atoms with Crippen molar-refractivity contribution in [3.05, 3.63) is 36.5 Å². The molecule has 3 atom stereocenters. The lowest BCUT2D eigenvalue weighted by atomic mass is 10.0. The number of ether oxygens (including phenoxy) is 1. The van der Waals surface area contributed by atoms with Gasteiger partial charge < -0.3 is 20.3 Å². The molecule has 0 spiro atoms. The van der Waals surface area contributed by atoms with E-state index in [1.54, 1.807) is 0 Å². The van der Waals surface area contributed by atoms with Gasteiger partial charge in [0.25, 0.3) is 0 Å². The van der Waals surface area contributed by atoms with Gasteiger partial charge in [0.1, 0.15) is 6.10 Å². The molecule has 0 aliphatic heterocycles. The molecule has 0 fully saturated rings. The third-order valence-electron chi connectivity index (χ3n) is 11.4. The van der Waals surface area contributed by atoms with E-state index < -0.39 is 18.2 Å². The van der Waals surface area contributed by atoms with Crippen LogP contribution in [0.15, 0.2) is 36.5 Å². The lowest BCUT2D eigenvalue weighted by Gasteiger charge is -2.23. The Bertz CT molecular complexity index is 961. The molecule has 3 unspecified atom stereocenters. The summed E-state index contributed by atoms with van der Waals surface area (Å²) < 4.78 is 5.82. The van der Waals surface area contributed by atoms with E-state index in [9.17, 15) is 19.8 Å². The lowest BCUT2D eigenvalue weighted by molar-refractivity contribution is -0.148. The molecule has 0 aromatic rings. The fraction of sp³-hybridized carbons (Fsp3) is 0.846. The van der Waals surface area contributed by atoms with Crippen LogP contribution in [-0.4, -0.2) is 46.9 Å². The molecule has 0 radical (unpaired) electrons. The summed E-state index contributed by atoms with van der Waals surface area (Å²) in [5.74, 6) is -0.600. The topological polar surface area (TPSA) is 95.9 Å². The van der Waals surface area contributed by atoms with Crippen LogP contribution >= 0.6 is 0 Å². The number of allylic oxidation sites excluding steroid dienone is 5. The van der Waals surface area contributed by atoms with Gasteiger partial charge in [-0.3, -0.25) is 9.59 Å². The number of amides is 1. The van der Waals surface area contributed by atoms with E-state index in [-0.39, 0.29) is 24.9 Å². The molecule has 58 heavy (non-hydrogen) atoms. The van der Waals surface area contributed by atoms with Crippen molar-refractivity contribution < 1.29 is 24.5 Å². The SMILES string of the molecule is CCCCCCCC/C=C\C/C=C/C(CC(=O)NC(CO)C(O)CCCCCCCCCCC)OC(=O)CCCCCCCCCCC/C=C/CCCCCCCC. The summed E-state index contributed by atoms with van der Waals surface area (Å²) in [7, 11) is 0. The van der Waals surface area contributed by atoms with Crippen molar-refractivity contribution in [2.75, 3.05) is 6.61 Å². The maximum Gasteiger partial charge on any atom is 0.306 e. The summed E-state index contributed by atoms with van der Waals surface area (Å²) in [6.45, 7) is 6.42. The number of esters is 1. The Labute approximate surface area is 360 Å². The molecule has 0 aliphatic carbocycles. The summed E-state index contributed by atoms with van der Waals surface area (Å²) >= 11 is 0. The zero-order valence-corrected chi connectivity index (χ0v) is 38.7. The van der Waals surface area contributed by atoms with Gasteiger partial charge in [-0.15, -0.1) is 0 Å². The summed E-state index contributed by atoms with van der Waals surface area (Å²) in [6.07, 6.45) is 53.9. The van der Waals surface area contributed by atoms with Crippen LogP contribution < -0.4 is 5.32 Å². The third kappa shape index (κ3) is 40.8. The molecule has 3 N–H and O–H groups in total. The quantitative estimate of drug-likeness (QED) is 0.0323. The maximum absolute atomic E-state index is 13.1. The van der Waals surface area contributed by atoms with E-state index in [0.29, 0.717) is 12.8 Å². The molecule has 6 heteroatoms. The Morgan fingerprint density at radius 2 is 0.914 bits per heavy atom. The Morgan fingerprint density at radius 3 is 1.36 bits per heavy atom. The molecule has 0 bridgehead atoms. The van der Waals surface area contributed by atoms with Crippen LogP contribution in [0.4, 0.5) is 0 Å². The van der Waals surface area contributed by atoms with Crippen molar-refractivity contribution in [2.45, 2.75) is 277 Å². The van der Waals surface area contributed by atoms with Crippen LogP contribution in [0.25, 0.3) is 0 Å². The fourth-order valence-corrected chi connectivity index (χ4v) is 7.57. The van der Waals surface area contributed by atoms with Gasteiger partial charge in [0.05, 0.1) is 25.2 Å². The predicted octanol–water partition coefficient (Wildman–Crippen LogP) is 14.9. The van der Waals surface area contributed by atoms with Crippen molar-refractivity contribution in [2.24, 2.45) is 0 Å². The van der Waals surface area contributed by atoms with Crippen molar-refractivity contribution in [3.63, 3.8) is 0 Å². The van der Waals surface area contributed by atoms with E-state index in [4.69, 9.17) is 4.74 Å². The number of hydrogen-bond donors (Lipinski definition) is 3. The van der Waals surface area contributed by atoms with Crippen LogP contribution in [-0.2, 0) is 14.3 Å². The molecule has 0 saturated heterocycles. The first-order valence-corrected chi connectivity index (χ1v) is 25.2. The zero-order valence-electron chi connectivity index (χ0n) is 38.7. The summed E-state index contributed by atoms with van der Waals surface area (Å²) in [6, 6.07) is -0.728. The third-order valence-corrected chi connectivity index (χ3v) is 11.4. The lowest BCUT2D eigenvalue weighted by Crippen LogP contribution is -2.46. The average Bonchev–Trinajstić information content (AvgIpc) is 3.22. The van der Waals surface area contributed by atoms with Crippen LogP contribution in [0, 0.1) is 0 Å². The molecule has 6 nitrogen and oxygen atoms in total. The minimum Gasteiger partial charge on any atom is -0.458 e. The predicted molar refractivity (Wildman–Crippen MR) is 250 cm³/mol. The van der Waals surface area contributed by atoms with Crippen LogP contribution in [0.2, 0.25) is 0 Å². The number of nitrogens with one attached hydrogen (secondary N) is 1. The molecule has 0 rings (SSSR count). The number of aliphatic hydroxyl groups is 2. The van der Waals surface area contributed by atoms with Gasteiger partial charge in [-0.25, -0.2) is 0 Å². The number of rotatable bonds is 45. The van der Waals surface area contributed by atoms with E-state index in [2.05, 4.69) is 50.4 Å².